The molecule has 0 amide bonds. The molecular weight excluding hydrogens is 110 g/mol. The van der Waals surface area contributed by atoms with Crippen LogP contribution in [0.3, 0.4) is 0 Å². The fourth-order valence-electron chi connectivity index (χ4n) is 0.289. The van der Waals surface area contributed by atoms with Crippen molar-refractivity contribution < 1.29 is 0 Å². The van der Waals surface area contributed by atoms with Gasteiger partial charge in [0.1, 0.15) is 0 Å². The SMILES string of the molecule is C=NC.CCC(C)CC. The van der Waals surface area contributed by atoms with Gasteiger partial charge in [-0.1, -0.05) is 33.6 Å². The van der Waals surface area contributed by atoms with Gasteiger partial charge in [0.25, 0.3) is 0 Å². The Kier molecular flexibility index (Phi) is 13.5. The quantitative estimate of drug-likeness (QED) is 0.508. The number of aliphatic imine (C=N–C) groups is 1. The molecule has 0 bridgehead atoms. The summed E-state index contributed by atoms with van der Waals surface area (Å²) in [6.07, 6.45) is 2.66. The van der Waals surface area contributed by atoms with E-state index in [1.165, 1.54) is 12.8 Å². The predicted molar refractivity (Wildman–Crippen MR) is 45.2 cm³/mol. The lowest BCUT2D eigenvalue weighted by Gasteiger charge is -1.98. The predicted octanol–water partition coefficient (Wildman–Crippen LogP) is 2.76. The Bertz CT molecular complexity index is 46.5. The molecule has 0 aliphatic heterocycles. The van der Waals surface area contributed by atoms with E-state index >= 15 is 0 Å². The molecule has 0 aliphatic rings. The van der Waals surface area contributed by atoms with Crippen molar-refractivity contribution in [3.8, 4) is 0 Å². The molecule has 9 heavy (non-hydrogen) atoms. The minimum Gasteiger partial charge on any atom is -0.304 e. The molecule has 0 rings (SSSR count). The molecule has 0 unspecified atom stereocenters. The molecular formula is C8H19N. The van der Waals surface area contributed by atoms with E-state index in [2.05, 4.69) is 32.5 Å². The number of nitrogens with zero attached hydrogens (tertiary/aromatic N) is 1. The minimum absolute atomic E-state index is 0.935. The van der Waals surface area contributed by atoms with E-state index in [4.69, 9.17) is 0 Å². The third kappa shape index (κ3) is 18.3. The van der Waals surface area contributed by atoms with Gasteiger partial charge in [-0.15, -0.1) is 0 Å². The maximum absolute atomic E-state index is 3.25. The van der Waals surface area contributed by atoms with Gasteiger partial charge in [-0.05, 0) is 12.6 Å². The van der Waals surface area contributed by atoms with E-state index < -0.39 is 0 Å². The van der Waals surface area contributed by atoms with E-state index in [0.29, 0.717) is 0 Å². The van der Waals surface area contributed by atoms with Gasteiger partial charge in [0.2, 0.25) is 0 Å². The molecule has 56 valence electrons. The van der Waals surface area contributed by atoms with Crippen molar-refractivity contribution in [1.82, 2.24) is 0 Å². The zero-order valence-electron chi connectivity index (χ0n) is 7.15. The van der Waals surface area contributed by atoms with Gasteiger partial charge >= 0.3 is 0 Å². The molecule has 0 atom stereocenters. The van der Waals surface area contributed by atoms with Gasteiger partial charge in [-0.3, -0.25) is 0 Å². The highest BCUT2D eigenvalue weighted by molar-refractivity contribution is 5.22. The highest BCUT2D eigenvalue weighted by Gasteiger charge is 1.88. The van der Waals surface area contributed by atoms with Gasteiger partial charge in [-0.25, -0.2) is 0 Å². The zero-order chi connectivity index (χ0) is 7.70. The summed E-state index contributed by atoms with van der Waals surface area (Å²) in [4.78, 5) is 3.25. The Balaban J connectivity index is 0. The maximum Gasteiger partial charge on any atom is 0.0269 e. The van der Waals surface area contributed by atoms with Crippen molar-refractivity contribution in [1.29, 1.82) is 0 Å². The molecule has 0 radical (unpaired) electrons. The summed E-state index contributed by atoms with van der Waals surface area (Å²) < 4.78 is 0. The lowest BCUT2D eigenvalue weighted by molar-refractivity contribution is 0.544. The second kappa shape index (κ2) is 10.6. The van der Waals surface area contributed by atoms with Crippen LogP contribution in [0.5, 0.6) is 0 Å². The molecule has 1 nitrogen and oxygen atoms in total. The molecule has 0 saturated heterocycles. The van der Waals surface area contributed by atoms with Gasteiger partial charge in [0.15, 0.2) is 0 Å². The van der Waals surface area contributed by atoms with Gasteiger partial charge in [0.05, 0.1) is 0 Å². The Morgan fingerprint density at radius 2 is 1.56 bits per heavy atom. The summed E-state index contributed by atoms with van der Waals surface area (Å²) in [6, 6.07) is 0. The van der Waals surface area contributed by atoms with Crippen LogP contribution in [-0.2, 0) is 0 Å². The molecule has 0 aromatic rings. The summed E-state index contributed by atoms with van der Waals surface area (Å²) in [5.41, 5.74) is 0. The Morgan fingerprint density at radius 3 is 1.56 bits per heavy atom. The average molecular weight is 129 g/mol. The summed E-state index contributed by atoms with van der Waals surface area (Å²) in [7, 11) is 1.64. The van der Waals surface area contributed by atoms with E-state index in [0.717, 1.165) is 5.92 Å². The summed E-state index contributed by atoms with van der Waals surface area (Å²) in [5.74, 6) is 0.935. The first-order valence-corrected chi connectivity index (χ1v) is 3.57. The van der Waals surface area contributed by atoms with Crippen molar-refractivity contribution >= 4 is 6.72 Å². The van der Waals surface area contributed by atoms with Gasteiger partial charge in [0, 0.05) is 7.05 Å². The fourth-order valence-corrected chi connectivity index (χ4v) is 0.289. The zero-order valence-corrected chi connectivity index (χ0v) is 7.15. The molecule has 1 heteroatoms. The van der Waals surface area contributed by atoms with Crippen LogP contribution in [0.25, 0.3) is 0 Å². The monoisotopic (exact) mass is 129 g/mol. The van der Waals surface area contributed by atoms with Crippen molar-refractivity contribution in [2.24, 2.45) is 10.9 Å². The number of hydrogen-bond acceptors (Lipinski definition) is 1. The van der Waals surface area contributed by atoms with Crippen molar-refractivity contribution in [2.75, 3.05) is 7.05 Å². The van der Waals surface area contributed by atoms with Crippen LogP contribution in [0.1, 0.15) is 33.6 Å². The van der Waals surface area contributed by atoms with E-state index in [1.807, 2.05) is 0 Å². The molecule has 0 heterocycles. The fraction of sp³-hybridized carbons (Fsp3) is 0.875. The highest BCUT2D eigenvalue weighted by atomic mass is 14.6. The van der Waals surface area contributed by atoms with Crippen molar-refractivity contribution in [3.63, 3.8) is 0 Å². The topological polar surface area (TPSA) is 12.4 Å². The number of hydrogen-bond donors (Lipinski definition) is 0. The van der Waals surface area contributed by atoms with Crippen LogP contribution in [0.2, 0.25) is 0 Å². The highest BCUT2D eigenvalue weighted by Crippen LogP contribution is 2.02. The Labute approximate surface area is 59.2 Å². The van der Waals surface area contributed by atoms with E-state index in [-0.39, 0.29) is 0 Å². The Hall–Kier alpha value is -0.330. The third-order valence-corrected chi connectivity index (χ3v) is 1.39. The lowest BCUT2D eigenvalue weighted by atomic mass is 10.1. The first-order valence-electron chi connectivity index (χ1n) is 3.57. The van der Waals surface area contributed by atoms with Crippen molar-refractivity contribution in [2.45, 2.75) is 33.6 Å². The molecule has 0 aromatic heterocycles. The van der Waals surface area contributed by atoms with Gasteiger partial charge < -0.3 is 4.99 Å². The molecule has 0 aliphatic carbocycles. The van der Waals surface area contributed by atoms with Crippen LogP contribution < -0.4 is 0 Å². The van der Waals surface area contributed by atoms with Crippen LogP contribution in [0.4, 0.5) is 0 Å². The lowest BCUT2D eigenvalue weighted by Crippen LogP contribution is -1.85. The smallest absolute Gasteiger partial charge is 0.0269 e. The largest absolute Gasteiger partial charge is 0.304 e. The van der Waals surface area contributed by atoms with Gasteiger partial charge in [-0.2, -0.15) is 0 Å². The molecule has 0 fully saturated rings. The third-order valence-electron chi connectivity index (χ3n) is 1.39. The minimum atomic E-state index is 0.935. The van der Waals surface area contributed by atoms with E-state index in [9.17, 15) is 0 Å². The van der Waals surface area contributed by atoms with E-state index in [1.54, 1.807) is 7.05 Å². The second-order valence-electron chi connectivity index (χ2n) is 2.24. The van der Waals surface area contributed by atoms with Crippen LogP contribution in [0, 0.1) is 5.92 Å². The normalized spacial score (nSPS) is 8.11. The standard InChI is InChI=1S/C6H14.C2H5N/c1-4-6(3)5-2;1-3-2/h6H,4-5H2,1-3H3;1H2,2H3. The van der Waals surface area contributed by atoms with Crippen LogP contribution in [0.15, 0.2) is 4.99 Å². The average Bonchev–Trinajstić information content (AvgIpc) is 1.88. The van der Waals surface area contributed by atoms with Crippen LogP contribution in [-0.4, -0.2) is 13.8 Å². The molecule has 0 aromatic carbocycles. The summed E-state index contributed by atoms with van der Waals surface area (Å²) >= 11 is 0. The van der Waals surface area contributed by atoms with Crippen molar-refractivity contribution in [3.05, 3.63) is 0 Å². The summed E-state index contributed by atoms with van der Waals surface area (Å²) in [6.45, 7) is 9.85. The Morgan fingerprint density at radius 1 is 1.33 bits per heavy atom. The maximum atomic E-state index is 3.25. The first-order chi connectivity index (χ1) is 4.22. The first kappa shape index (κ1) is 11.5. The number of rotatable bonds is 2. The molecule has 0 spiro atoms. The second-order valence-corrected chi connectivity index (χ2v) is 2.24. The summed E-state index contributed by atoms with van der Waals surface area (Å²) in [5, 5.41) is 0. The van der Waals surface area contributed by atoms with Crippen LogP contribution >= 0.6 is 0 Å². The molecule has 0 N–H and O–H groups in total. The molecule has 0 saturated carbocycles.